The minimum atomic E-state index is -4.76. The zero-order valence-corrected chi connectivity index (χ0v) is 11.4. The van der Waals surface area contributed by atoms with E-state index in [0.29, 0.717) is 15.9 Å². The summed E-state index contributed by atoms with van der Waals surface area (Å²) in [7, 11) is 0. The molecule has 2 aromatic rings. The van der Waals surface area contributed by atoms with Gasteiger partial charge >= 0.3 is 6.18 Å². The minimum Gasteiger partial charge on any atom is -0.382 e. The number of carbonyl (C=O) groups is 1. The van der Waals surface area contributed by atoms with E-state index in [4.69, 9.17) is 0 Å². The van der Waals surface area contributed by atoms with Gasteiger partial charge in [0, 0.05) is 12.1 Å². The molecule has 0 spiro atoms. The number of hydrogen-bond acceptors (Lipinski definition) is 5. The number of benzene rings is 1. The highest BCUT2D eigenvalue weighted by molar-refractivity contribution is 7.12. The van der Waals surface area contributed by atoms with Gasteiger partial charge in [-0.25, -0.2) is 0 Å². The summed E-state index contributed by atoms with van der Waals surface area (Å²) in [5, 5.41) is 13.3. The molecule has 0 bridgehead atoms. The molecule has 1 saturated heterocycles. The van der Waals surface area contributed by atoms with E-state index in [1.165, 1.54) is 6.07 Å². The van der Waals surface area contributed by atoms with Gasteiger partial charge in [0.05, 0.1) is 10.7 Å². The van der Waals surface area contributed by atoms with Crippen molar-refractivity contribution in [2.45, 2.75) is 31.2 Å². The second kappa shape index (κ2) is 4.92. The highest BCUT2D eigenvalue weighted by atomic mass is 32.1. The first-order chi connectivity index (χ1) is 9.88. The molecule has 9 heteroatoms. The van der Waals surface area contributed by atoms with Gasteiger partial charge in [0.25, 0.3) is 0 Å². The fourth-order valence-corrected chi connectivity index (χ4v) is 3.07. The Morgan fingerprint density at radius 2 is 2.19 bits per heavy atom. The van der Waals surface area contributed by atoms with Crippen LogP contribution < -0.4 is 4.90 Å². The van der Waals surface area contributed by atoms with E-state index in [1.807, 2.05) is 0 Å². The number of carbonyl (C=O) groups excluding carboxylic acids is 1. The number of hydrogen-bond donors (Lipinski definition) is 1. The summed E-state index contributed by atoms with van der Waals surface area (Å²) in [4.78, 5) is 12.9. The molecule has 3 rings (SSSR count). The van der Waals surface area contributed by atoms with Crippen molar-refractivity contribution >= 4 is 33.3 Å². The van der Waals surface area contributed by atoms with Gasteiger partial charge in [-0.15, -0.1) is 5.10 Å². The molecule has 0 aliphatic carbocycles. The molecule has 1 amide bonds. The highest BCUT2D eigenvalue weighted by Gasteiger charge is 2.49. The van der Waals surface area contributed by atoms with Crippen molar-refractivity contribution in [2.75, 3.05) is 4.90 Å². The number of fused-ring (bicyclic) bond motifs is 1. The number of alkyl halides is 3. The summed E-state index contributed by atoms with van der Waals surface area (Å²) in [6.45, 7) is 0. The molecule has 1 fully saturated rings. The molecule has 1 aliphatic rings. The fraction of sp³-hybridized carbons (Fsp3) is 0.417. The second-order valence-electron chi connectivity index (χ2n) is 4.78. The third-order valence-corrected chi connectivity index (χ3v) is 4.15. The van der Waals surface area contributed by atoms with Crippen molar-refractivity contribution in [3.63, 3.8) is 0 Å². The lowest BCUT2D eigenvalue weighted by Gasteiger charge is -2.29. The Hall–Kier alpha value is -1.74. The van der Waals surface area contributed by atoms with Gasteiger partial charge in [0.1, 0.15) is 5.52 Å². The van der Waals surface area contributed by atoms with Gasteiger partial charge in [0.2, 0.25) is 5.91 Å². The Bertz CT molecular complexity index is 688. The summed E-state index contributed by atoms with van der Waals surface area (Å²) in [5.74, 6) is -0.430. The molecule has 0 radical (unpaired) electrons. The normalized spacial score (nSPS) is 21.2. The van der Waals surface area contributed by atoms with Crippen molar-refractivity contribution in [3.05, 3.63) is 18.2 Å². The van der Waals surface area contributed by atoms with E-state index < -0.39 is 24.2 Å². The predicted molar refractivity (Wildman–Crippen MR) is 70.0 cm³/mol. The molecule has 1 unspecified atom stereocenters. The average molecular weight is 317 g/mol. The largest absolute Gasteiger partial charge is 0.416 e. The Balaban J connectivity index is 1.98. The van der Waals surface area contributed by atoms with E-state index >= 15 is 0 Å². The van der Waals surface area contributed by atoms with Gasteiger partial charge in [-0.1, -0.05) is 4.49 Å². The van der Waals surface area contributed by atoms with Crippen LogP contribution in [0.25, 0.3) is 10.2 Å². The number of rotatable bonds is 2. The Kier molecular flexibility index (Phi) is 3.33. The van der Waals surface area contributed by atoms with E-state index in [2.05, 4.69) is 9.59 Å². The van der Waals surface area contributed by atoms with Crippen LogP contribution in [-0.4, -0.2) is 38.9 Å². The molecule has 0 saturated carbocycles. The molecule has 1 aromatic heterocycles. The fourth-order valence-electron chi connectivity index (χ4n) is 2.48. The lowest BCUT2D eigenvalue weighted by atomic mass is 10.1. The first kappa shape index (κ1) is 14.2. The Morgan fingerprint density at radius 1 is 1.43 bits per heavy atom. The van der Waals surface area contributed by atoms with Gasteiger partial charge in [-0.3, -0.25) is 4.79 Å². The number of aromatic nitrogens is 2. The summed E-state index contributed by atoms with van der Waals surface area (Å²) in [6, 6.07) is 3.38. The van der Waals surface area contributed by atoms with Gasteiger partial charge in [-0.2, -0.15) is 13.2 Å². The topological polar surface area (TPSA) is 66.3 Å². The third kappa shape index (κ3) is 2.46. The van der Waals surface area contributed by atoms with Gasteiger partial charge in [0.15, 0.2) is 6.10 Å². The highest BCUT2D eigenvalue weighted by Crippen LogP contribution is 2.35. The molecule has 1 aliphatic heterocycles. The maximum atomic E-state index is 12.7. The lowest BCUT2D eigenvalue weighted by Crippen LogP contribution is -2.48. The van der Waals surface area contributed by atoms with Gasteiger partial charge in [-0.05, 0) is 36.2 Å². The molecule has 21 heavy (non-hydrogen) atoms. The Morgan fingerprint density at radius 3 is 2.90 bits per heavy atom. The number of amides is 1. The van der Waals surface area contributed by atoms with Crippen LogP contribution in [-0.2, 0) is 4.79 Å². The first-order valence-corrected chi connectivity index (χ1v) is 6.94. The smallest absolute Gasteiger partial charge is 0.382 e. The zero-order chi connectivity index (χ0) is 15.2. The van der Waals surface area contributed by atoms with Crippen molar-refractivity contribution in [1.82, 2.24) is 9.59 Å². The molecule has 2 heterocycles. The van der Waals surface area contributed by atoms with Crippen molar-refractivity contribution < 1.29 is 23.1 Å². The predicted octanol–water partition coefficient (Wildman–Crippen LogP) is 2.11. The second-order valence-corrected chi connectivity index (χ2v) is 5.57. The summed E-state index contributed by atoms with van der Waals surface area (Å²) in [6.07, 6.45) is -7.36. The van der Waals surface area contributed by atoms with Crippen molar-refractivity contribution in [1.29, 1.82) is 0 Å². The monoisotopic (exact) mass is 317 g/mol. The van der Waals surface area contributed by atoms with E-state index in [1.54, 1.807) is 12.1 Å². The maximum absolute atomic E-state index is 12.7. The molecule has 1 N–H and O–H groups in total. The molecule has 112 valence electrons. The van der Waals surface area contributed by atoms with E-state index in [0.717, 1.165) is 16.4 Å². The van der Waals surface area contributed by atoms with Crippen LogP contribution in [0.1, 0.15) is 12.8 Å². The molecule has 1 aromatic carbocycles. The van der Waals surface area contributed by atoms with Crippen LogP contribution in [0.4, 0.5) is 18.9 Å². The molecule has 2 atom stereocenters. The molecular weight excluding hydrogens is 307 g/mol. The maximum Gasteiger partial charge on any atom is 0.416 e. The van der Waals surface area contributed by atoms with Crippen LogP contribution >= 0.6 is 11.5 Å². The third-order valence-electron chi connectivity index (χ3n) is 3.46. The quantitative estimate of drug-likeness (QED) is 0.921. The van der Waals surface area contributed by atoms with E-state index in [-0.39, 0.29) is 12.8 Å². The van der Waals surface area contributed by atoms with Crippen molar-refractivity contribution in [2.24, 2.45) is 0 Å². The zero-order valence-electron chi connectivity index (χ0n) is 10.5. The Labute approximate surface area is 121 Å². The summed E-state index contributed by atoms with van der Waals surface area (Å²) < 4.78 is 42.6. The van der Waals surface area contributed by atoms with Crippen LogP contribution in [0, 0.1) is 0 Å². The van der Waals surface area contributed by atoms with Crippen LogP contribution in [0.3, 0.4) is 0 Å². The lowest BCUT2D eigenvalue weighted by molar-refractivity contribution is -0.209. The number of aliphatic hydroxyl groups excluding tert-OH is 1. The number of nitrogens with zero attached hydrogens (tertiary/aromatic N) is 3. The van der Waals surface area contributed by atoms with Crippen LogP contribution in [0.15, 0.2) is 18.2 Å². The van der Waals surface area contributed by atoms with Gasteiger partial charge < -0.3 is 10.0 Å². The number of halogens is 3. The summed E-state index contributed by atoms with van der Waals surface area (Å²) >= 11 is 1.09. The molecular formula is C12H10F3N3O2S. The van der Waals surface area contributed by atoms with Crippen LogP contribution in [0.2, 0.25) is 0 Å². The average Bonchev–Trinajstić information content (AvgIpc) is 3.01. The minimum absolute atomic E-state index is 0.0171. The number of aliphatic hydroxyl groups is 1. The standard InChI is InChI=1S/C12H10F3N3O2S/c13-12(14,15)11(20)8-3-4-10(19)18(8)6-1-2-7-9(5-6)21-17-16-7/h1-2,5,8,11,20H,3-4H2/t8?,11-/m0/s1. The summed E-state index contributed by atoms with van der Waals surface area (Å²) in [5.41, 5.74) is 0.938. The molecule has 5 nitrogen and oxygen atoms in total. The number of anilines is 1. The first-order valence-electron chi connectivity index (χ1n) is 6.17. The van der Waals surface area contributed by atoms with Crippen molar-refractivity contribution in [3.8, 4) is 0 Å². The van der Waals surface area contributed by atoms with E-state index in [9.17, 15) is 23.1 Å². The van der Waals surface area contributed by atoms with Crippen LogP contribution in [0.5, 0.6) is 0 Å². The SMILES string of the molecule is O=C1CCC([C@H](O)C(F)(F)F)N1c1ccc2nnsc2c1.